The predicted molar refractivity (Wildman–Crippen MR) is 62.6 cm³/mol. The molecule has 1 aromatic rings. The molecule has 1 rings (SSSR count). The molecule has 0 fully saturated rings. The van der Waals surface area contributed by atoms with Crippen LogP contribution in [0.5, 0.6) is 0 Å². The van der Waals surface area contributed by atoms with Gasteiger partial charge in [-0.1, -0.05) is 18.2 Å². The lowest BCUT2D eigenvalue weighted by Crippen LogP contribution is -2.44. The molecule has 0 bridgehead atoms. The summed E-state index contributed by atoms with van der Waals surface area (Å²) < 4.78 is 37.3. The number of halogens is 3. The number of anilines is 1. The lowest BCUT2D eigenvalue weighted by molar-refractivity contribution is -0.187. The summed E-state index contributed by atoms with van der Waals surface area (Å²) in [5.41, 5.74) is 6.54. The lowest BCUT2D eigenvalue weighted by Gasteiger charge is -2.28. The minimum atomic E-state index is -4.87. The molecule has 0 unspecified atom stereocenters. The van der Waals surface area contributed by atoms with Gasteiger partial charge in [-0.3, -0.25) is 4.79 Å². The number of alkyl halides is 3. The van der Waals surface area contributed by atoms with E-state index in [9.17, 15) is 18.0 Å². The fourth-order valence-corrected chi connectivity index (χ4v) is 1.51. The van der Waals surface area contributed by atoms with Crippen molar-refractivity contribution in [2.24, 2.45) is 0 Å². The van der Waals surface area contributed by atoms with E-state index in [1.54, 1.807) is 24.3 Å². The van der Waals surface area contributed by atoms with Crippen molar-refractivity contribution >= 4 is 11.6 Å². The number of nitrogen functional groups attached to an aromatic ring is 1. The summed E-state index contributed by atoms with van der Waals surface area (Å²) in [7, 11) is 0. The summed E-state index contributed by atoms with van der Waals surface area (Å²) in [6.07, 6.45) is -4.87. The highest BCUT2D eigenvalue weighted by molar-refractivity contribution is 5.82. The number of hydrogen-bond donors (Lipinski definition) is 1. The van der Waals surface area contributed by atoms with Gasteiger partial charge in [0.15, 0.2) is 0 Å². The second-order valence-corrected chi connectivity index (χ2v) is 4.22. The van der Waals surface area contributed by atoms with E-state index in [1.807, 2.05) is 0 Å². The first-order valence-electron chi connectivity index (χ1n) is 5.44. The third-order valence-electron chi connectivity index (χ3n) is 2.52. The zero-order chi connectivity index (χ0) is 13.9. The fraction of sp³-hybridized carbons (Fsp3) is 0.417. The molecular weight excluding hydrogens is 245 g/mol. The predicted octanol–water partition coefficient (Wildman–Crippen LogP) is 2.57. The molecule has 0 atom stereocenters. The van der Waals surface area contributed by atoms with Crippen LogP contribution in [0.2, 0.25) is 0 Å². The summed E-state index contributed by atoms with van der Waals surface area (Å²) in [5, 5.41) is 0. The number of para-hydroxylation sites is 1. The van der Waals surface area contributed by atoms with Gasteiger partial charge in [-0.2, -0.15) is 13.2 Å². The van der Waals surface area contributed by atoms with Crippen molar-refractivity contribution in [3.05, 3.63) is 29.8 Å². The minimum absolute atomic E-state index is 0.150. The van der Waals surface area contributed by atoms with Crippen LogP contribution in [0.3, 0.4) is 0 Å². The Labute approximate surface area is 103 Å². The Hall–Kier alpha value is -1.72. The SMILES string of the molecule is CC(C)N(Cc1ccccc1N)C(=O)C(F)(F)F. The molecule has 1 amide bonds. The smallest absolute Gasteiger partial charge is 0.398 e. The van der Waals surface area contributed by atoms with Crippen LogP contribution in [0.25, 0.3) is 0 Å². The first kappa shape index (κ1) is 14.3. The van der Waals surface area contributed by atoms with Gasteiger partial charge in [0.05, 0.1) is 0 Å². The van der Waals surface area contributed by atoms with E-state index in [0.717, 1.165) is 4.90 Å². The molecule has 0 saturated carbocycles. The van der Waals surface area contributed by atoms with Crippen molar-refractivity contribution in [1.82, 2.24) is 4.90 Å². The Morgan fingerprint density at radius 2 is 1.89 bits per heavy atom. The summed E-state index contributed by atoms with van der Waals surface area (Å²) in [6, 6.07) is 5.99. The topological polar surface area (TPSA) is 46.3 Å². The number of hydrogen-bond acceptors (Lipinski definition) is 2. The summed E-state index contributed by atoms with van der Waals surface area (Å²) in [5.74, 6) is -1.85. The minimum Gasteiger partial charge on any atom is -0.398 e. The molecule has 0 aromatic heterocycles. The molecule has 100 valence electrons. The zero-order valence-electron chi connectivity index (χ0n) is 10.2. The molecule has 0 spiro atoms. The van der Waals surface area contributed by atoms with Crippen LogP contribution in [0.4, 0.5) is 18.9 Å². The van der Waals surface area contributed by atoms with Gasteiger partial charge < -0.3 is 10.6 Å². The number of nitrogens with zero attached hydrogens (tertiary/aromatic N) is 1. The number of nitrogens with two attached hydrogens (primary N) is 1. The monoisotopic (exact) mass is 260 g/mol. The second-order valence-electron chi connectivity index (χ2n) is 4.22. The van der Waals surface area contributed by atoms with Crippen LogP contribution in [-0.4, -0.2) is 23.0 Å². The largest absolute Gasteiger partial charge is 0.471 e. The fourth-order valence-electron chi connectivity index (χ4n) is 1.51. The lowest BCUT2D eigenvalue weighted by atomic mass is 10.1. The van der Waals surface area contributed by atoms with E-state index in [4.69, 9.17) is 5.73 Å². The molecule has 18 heavy (non-hydrogen) atoms. The quantitative estimate of drug-likeness (QED) is 0.849. The Bertz CT molecular complexity index is 430. The van der Waals surface area contributed by atoms with Gasteiger partial charge in [-0.25, -0.2) is 0 Å². The summed E-state index contributed by atoms with van der Waals surface area (Å²) in [6.45, 7) is 2.91. The van der Waals surface area contributed by atoms with E-state index in [-0.39, 0.29) is 6.54 Å². The van der Waals surface area contributed by atoms with Gasteiger partial charge in [0.2, 0.25) is 0 Å². The summed E-state index contributed by atoms with van der Waals surface area (Å²) in [4.78, 5) is 12.0. The van der Waals surface area contributed by atoms with Gasteiger partial charge in [0.1, 0.15) is 0 Å². The molecule has 0 aliphatic carbocycles. The molecule has 0 heterocycles. The zero-order valence-corrected chi connectivity index (χ0v) is 10.2. The van der Waals surface area contributed by atoms with Gasteiger partial charge in [0, 0.05) is 18.3 Å². The molecular formula is C12H15F3N2O. The number of rotatable bonds is 3. The average molecular weight is 260 g/mol. The van der Waals surface area contributed by atoms with E-state index in [2.05, 4.69) is 0 Å². The Morgan fingerprint density at radius 1 is 1.33 bits per heavy atom. The second kappa shape index (κ2) is 5.29. The molecule has 0 saturated heterocycles. The standard InChI is InChI=1S/C12H15F3N2O/c1-8(2)17(11(18)12(13,14)15)7-9-5-3-4-6-10(9)16/h3-6,8H,7,16H2,1-2H3. The molecule has 0 radical (unpaired) electrons. The Kier molecular flexibility index (Phi) is 4.21. The van der Waals surface area contributed by atoms with Crippen LogP contribution >= 0.6 is 0 Å². The van der Waals surface area contributed by atoms with Crippen molar-refractivity contribution < 1.29 is 18.0 Å². The molecule has 0 aliphatic rings. The van der Waals surface area contributed by atoms with E-state index in [0.29, 0.717) is 11.3 Å². The van der Waals surface area contributed by atoms with Crippen molar-refractivity contribution in [1.29, 1.82) is 0 Å². The highest BCUT2D eigenvalue weighted by atomic mass is 19.4. The summed E-state index contributed by atoms with van der Waals surface area (Å²) >= 11 is 0. The van der Waals surface area contributed by atoms with Gasteiger partial charge >= 0.3 is 12.1 Å². The molecule has 2 N–H and O–H groups in total. The number of amides is 1. The average Bonchev–Trinajstić information content (AvgIpc) is 2.25. The normalized spacial score (nSPS) is 11.7. The highest BCUT2D eigenvalue weighted by Gasteiger charge is 2.43. The van der Waals surface area contributed by atoms with E-state index < -0.39 is 18.1 Å². The van der Waals surface area contributed by atoms with Crippen LogP contribution in [-0.2, 0) is 11.3 Å². The molecule has 0 aliphatic heterocycles. The van der Waals surface area contributed by atoms with Crippen LogP contribution in [0, 0.1) is 0 Å². The van der Waals surface area contributed by atoms with Gasteiger partial charge in [-0.05, 0) is 25.5 Å². The number of carbonyl (C=O) groups is 1. The Balaban J connectivity index is 2.96. The maximum Gasteiger partial charge on any atom is 0.471 e. The van der Waals surface area contributed by atoms with Crippen LogP contribution in [0.15, 0.2) is 24.3 Å². The highest BCUT2D eigenvalue weighted by Crippen LogP contribution is 2.23. The van der Waals surface area contributed by atoms with Gasteiger partial charge in [0.25, 0.3) is 0 Å². The first-order valence-corrected chi connectivity index (χ1v) is 5.44. The maximum atomic E-state index is 12.4. The number of benzene rings is 1. The Morgan fingerprint density at radius 3 is 2.33 bits per heavy atom. The van der Waals surface area contributed by atoms with Crippen molar-refractivity contribution in [3.63, 3.8) is 0 Å². The molecule has 1 aromatic carbocycles. The molecule has 3 nitrogen and oxygen atoms in total. The van der Waals surface area contributed by atoms with Gasteiger partial charge in [-0.15, -0.1) is 0 Å². The van der Waals surface area contributed by atoms with E-state index in [1.165, 1.54) is 13.8 Å². The van der Waals surface area contributed by atoms with Crippen molar-refractivity contribution in [2.75, 3.05) is 5.73 Å². The third-order valence-corrected chi connectivity index (χ3v) is 2.52. The third kappa shape index (κ3) is 3.38. The van der Waals surface area contributed by atoms with Crippen LogP contribution < -0.4 is 5.73 Å². The maximum absolute atomic E-state index is 12.4. The van der Waals surface area contributed by atoms with Crippen molar-refractivity contribution in [3.8, 4) is 0 Å². The van der Waals surface area contributed by atoms with E-state index >= 15 is 0 Å². The van der Waals surface area contributed by atoms with Crippen molar-refractivity contribution in [2.45, 2.75) is 32.6 Å². The first-order chi connectivity index (χ1) is 8.23. The molecule has 6 heteroatoms. The van der Waals surface area contributed by atoms with Crippen LogP contribution in [0.1, 0.15) is 19.4 Å². The number of carbonyl (C=O) groups excluding carboxylic acids is 1.